The molecule has 0 spiro atoms. The van der Waals surface area contributed by atoms with Crippen LogP contribution < -0.4 is 10.0 Å². The van der Waals surface area contributed by atoms with Gasteiger partial charge < -0.3 is 5.32 Å². The van der Waals surface area contributed by atoms with Crippen LogP contribution in [0.15, 0.2) is 21.6 Å². The Morgan fingerprint density at radius 3 is 2.80 bits per heavy atom. The van der Waals surface area contributed by atoms with Gasteiger partial charge in [-0.25, -0.2) is 18.1 Å². The molecule has 1 aromatic rings. The lowest BCUT2D eigenvalue weighted by atomic mass is 10.2. The monoisotopic (exact) mass is 361 g/mol. The van der Waals surface area contributed by atoms with E-state index < -0.39 is 10.0 Å². The van der Waals surface area contributed by atoms with Crippen LogP contribution in [0.3, 0.4) is 0 Å². The Hall–Kier alpha value is -0.660. The molecule has 1 fully saturated rings. The van der Waals surface area contributed by atoms with Crippen molar-refractivity contribution in [1.82, 2.24) is 9.71 Å². The molecule has 0 bridgehead atoms. The van der Waals surface area contributed by atoms with Gasteiger partial charge in [0.05, 0.1) is 0 Å². The number of nitrogens with one attached hydrogen (secondary N) is 2. The van der Waals surface area contributed by atoms with Crippen molar-refractivity contribution < 1.29 is 8.42 Å². The Balaban J connectivity index is 2.20. The number of aromatic nitrogens is 1. The Kier molecular flexibility index (Phi) is 5.04. The van der Waals surface area contributed by atoms with E-state index >= 15 is 0 Å². The van der Waals surface area contributed by atoms with Gasteiger partial charge in [-0.3, -0.25) is 0 Å². The molecule has 1 saturated carbocycles. The lowest BCUT2D eigenvalue weighted by Gasteiger charge is -2.16. The third-order valence-corrected chi connectivity index (χ3v) is 5.23. The molecule has 1 aromatic heterocycles. The number of nitrogens with zero attached hydrogens (tertiary/aromatic N) is 1. The van der Waals surface area contributed by atoms with Crippen molar-refractivity contribution in [3.8, 4) is 0 Å². The minimum Gasteiger partial charge on any atom is -0.369 e. The van der Waals surface area contributed by atoms with Crippen LogP contribution in [0.25, 0.3) is 0 Å². The molecule has 112 valence electrons. The summed E-state index contributed by atoms with van der Waals surface area (Å²) in [6.07, 6.45) is 4.92. The van der Waals surface area contributed by atoms with Crippen LogP contribution in [0.4, 0.5) is 5.82 Å². The van der Waals surface area contributed by atoms with Crippen molar-refractivity contribution in [3.63, 3.8) is 0 Å². The van der Waals surface area contributed by atoms with E-state index in [4.69, 9.17) is 0 Å². The average Bonchev–Trinajstić information content (AvgIpc) is 3.14. The molecule has 0 radical (unpaired) electrons. The van der Waals surface area contributed by atoms with Crippen molar-refractivity contribution in [2.45, 2.75) is 44.0 Å². The van der Waals surface area contributed by atoms with E-state index in [0.717, 1.165) is 6.42 Å². The summed E-state index contributed by atoms with van der Waals surface area (Å²) >= 11 is 3.27. The first kappa shape index (κ1) is 15.7. The minimum absolute atomic E-state index is 0.0547. The van der Waals surface area contributed by atoms with Gasteiger partial charge in [0.1, 0.15) is 10.7 Å². The smallest absolute Gasteiger partial charge is 0.244 e. The standard InChI is InChI=1S/C13H20BrN3O2S/c1-3-15-13-12(7-11(14)8-16-13)20(18,19)17-9(2)6-10-4-5-10/h7-10,17H,3-6H2,1-2H3,(H,15,16). The van der Waals surface area contributed by atoms with Gasteiger partial charge >= 0.3 is 0 Å². The lowest BCUT2D eigenvalue weighted by molar-refractivity contribution is 0.530. The van der Waals surface area contributed by atoms with Gasteiger partial charge in [-0.15, -0.1) is 0 Å². The van der Waals surface area contributed by atoms with Crippen LogP contribution in [0.1, 0.15) is 33.1 Å². The fourth-order valence-corrected chi connectivity index (χ4v) is 4.05. The van der Waals surface area contributed by atoms with Crippen molar-refractivity contribution in [2.75, 3.05) is 11.9 Å². The fraction of sp³-hybridized carbons (Fsp3) is 0.615. The maximum absolute atomic E-state index is 12.5. The number of sulfonamides is 1. The maximum Gasteiger partial charge on any atom is 0.244 e. The minimum atomic E-state index is -3.56. The third kappa shape index (κ3) is 4.17. The van der Waals surface area contributed by atoms with Gasteiger partial charge in [0.25, 0.3) is 0 Å². The van der Waals surface area contributed by atoms with E-state index in [9.17, 15) is 8.42 Å². The number of rotatable bonds is 7. The molecule has 1 aliphatic carbocycles. The zero-order chi connectivity index (χ0) is 14.8. The maximum atomic E-state index is 12.5. The molecule has 1 heterocycles. The molecule has 0 amide bonds. The number of pyridine rings is 1. The number of hydrogen-bond donors (Lipinski definition) is 2. The Morgan fingerprint density at radius 2 is 2.20 bits per heavy atom. The Bertz CT molecular complexity index is 573. The lowest BCUT2D eigenvalue weighted by Crippen LogP contribution is -2.33. The predicted molar refractivity (Wildman–Crippen MR) is 83.2 cm³/mol. The fourth-order valence-electron chi connectivity index (χ4n) is 2.16. The molecule has 1 atom stereocenters. The van der Waals surface area contributed by atoms with Gasteiger partial charge in [-0.2, -0.15) is 0 Å². The molecule has 0 saturated heterocycles. The van der Waals surface area contributed by atoms with Crippen LogP contribution in [0, 0.1) is 5.92 Å². The van der Waals surface area contributed by atoms with Crippen molar-refractivity contribution >= 4 is 31.8 Å². The summed E-state index contributed by atoms with van der Waals surface area (Å²) in [7, 11) is -3.56. The van der Waals surface area contributed by atoms with Gasteiger partial charge in [0, 0.05) is 23.3 Å². The van der Waals surface area contributed by atoms with Gasteiger partial charge in [-0.1, -0.05) is 12.8 Å². The Labute approximate surface area is 128 Å². The molecule has 20 heavy (non-hydrogen) atoms. The average molecular weight is 362 g/mol. The van der Waals surface area contributed by atoms with E-state index in [-0.39, 0.29) is 10.9 Å². The van der Waals surface area contributed by atoms with Crippen LogP contribution in [0.5, 0.6) is 0 Å². The summed E-state index contributed by atoms with van der Waals surface area (Å²) in [6.45, 7) is 4.44. The molecule has 7 heteroatoms. The van der Waals surface area contributed by atoms with E-state index in [1.807, 2.05) is 13.8 Å². The summed E-state index contributed by atoms with van der Waals surface area (Å²) in [6, 6.07) is 1.53. The topological polar surface area (TPSA) is 71.1 Å². The number of halogens is 1. The molecular formula is C13H20BrN3O2S. The van der Waals surface area contributed by atoms with Crippen LogP contribution in [0.2, 0.25) is 0 Å². The van der Waals surface area contributed by atoms with Crippen molar-refractivity contribution in [2.24, 2.45) is 5.92 Å². The van der Waals surface area contributed by atoms with Gasteiger partial charge in [0.15, 0.2) is 0 Å². The second kappa shape index (κ2) is 6.41. The molecule has 2 rings (SSSR count). The summed E-state index contributed by atoms with van der Waals surface area (Å²) in [5.41, 5.74) is 0. The van der Waals surface area contributed by atoms with Crippen LogP contribution in [-0.4, -0.2) is 26.0 Å². The summed E-state index contributed by atoms with van der Waals surface area (Å²) in [4.78, 5) is 4.33. The van der Waals surface area contributed by atoms with Crippen molar-refractivity contribution in [3.05, 3.63) is 16.7 Å². The quantitative estimate of drug-likeness (QED) is 0.783. The van der Waals surface area contributed by atoms with E-state index in [1.165, 1.54) is 12.8 Å². The molecule has 0 aliphatic heterocycles. The first-order valence-corrected chi connectivity index (χ1v) is 9.11. The van der Waals surface area contributed by atoms with E-state index in [2.05, 4.69) is 31.0 Å². The first-order valence-electron chi connectivity index (χ1n) is 6.84. The normalized spacial score (nSPS) is 16.9. The highest BCUT2D eigenvalue weighted by atomic mass is 79.9. The van der Waals surface area contributed by atoms with E-state index in [1.54, 1.807) is 12.3 Å². The first-order chi connectivity index (χ1) is 9.42. The highest BCUT2D eigenvalue weighted by molar-refractivity contribution is 9.10. The SMILES string of the molecule is CCNc1ncc(Br)cc1S(=O)(=O)NC(C)CC1CC1. The molecule has 1 aliphatic rings. The van der Waals surface area contributed by atoms with E-state index in [0.29, 0.717) is 22.8 Å². The Morgan fingerprint density at radius 1 is 1.50 bits per heavy atom. The zero-order valence-corrected chi connectivity index (χ0v) is 14.1. The van der Waals surface area contributed by atoms with Gasteiger partial charge in [-0.05, 0) is 48.2 Å². The highest BCUT2D eigenvalue weighted by Crippen LogP contribution is 2.34. The van der Waals surface area contributed by atoms with Crippen molar-refractivity contribution in [1.29, 1.82) is 0 Å². The molecule has 5 nitrogen and oxygen atoms in total. The summed E-state index contributed by atoms with van der Waals surface area (Å²) < 4.78 is 28.3. The second-order valence-corrected chi connectivity index (χ2v) is 7.83. The summed E-state index contributed by atoms with van der Waals surface area (Å²) in [5.74, 6) is 1.07. The third-order valence-electron chi connectivity index (χ3n) is 3.19. The predicted octanol–water partition coefficient (Wildman–Crippen LogP) is 2.74. The zero-order valence-electron chi connectivity index (χ0n) is 11.7. The molecular weight excluding hydrogens is 342 g/mol. The summed E-state index contributed by atoms with van der Waals surface area (Å²) in [5, 5.41) is 2.98. The highest BCUT2D eigenvalue weighted by Gasteiger charge is 2.27. The number of hydrogen-bond acceptors (Lipinski definition) is 4. The van der Waals surface area contributed by atoms with Gasteiger partial charge in [0.2, 0.25) is 10.0 Å². The van der Waals surface area contributed by atoms with Crippen LogP contribution >= 0.6 is 15.9 Å². The molecule has 2 N–H and O–H groups in total. The number of anilines is 1. The second-order valence-electron chi connectivity index (χ2n) is 5.23. The van der Waals surface area contributed by atoms with Crippen LogP contribution in [-0.2, 0) is 10.0 Å². The molecule has 1 unspecified atom stereocenters. The largest absolute Gasteiger partial charge is 0.369 e. The molecule has 0 aromatic carbocycles.